The summed E-state index contributed by atoms with van der Waals surface area (Å²) in [5, 5.41) is 13.1. The molecule has 1 heterocycles. The van der Waals surface area contributed by atoms with Gasteiger partial charge in [0.2, 0.25) is 5.75 Å². The molecule has 1 aromatic heterocycles. The second kappa shape index (κ2) is 6.23. The van der Waals surface area contributed by atoms with Gasteiger partial charge >= 0.3 is 0 Å². The third-order valence-corrected chi connectivity index (χ3v) is 4.06. The first kappa shape index (κ1) is 14.8. The highest BCUT2D eigenvalue weighted by Crippen LogP contribution is 2.37. The number of nitrogens with zero attached hydrogens (tertiary/aromatic N) is 2. The van der Waals surface area contributed by atoms with Crippen LogP contribution in [0.15, 0.2) is 6.33 Å². The molecular weight excluding hydrogens is 258 g/mol. The predicted molar refractivity (Wildman–Crippen MR) is 77.5 cm³/mol. The van der Waals surface area contributed by atoms with Gasteiger partial charge in [-0.3, -0.25) is 0 Å². The van der Waals surface area contributed by atoms with Gasteiger partial charge in [-0.25, -0.2) is 15.8 Å². The van der Waals surface area contributed by atoms with Crippen LogP contribution in [0.25, 0.3) is 0 Å². The smallest absolute Gasteiger partial charge is 0.205 e. The minimum atomic E-state index is -0.347. The molecule has 0 bridgehead atoms. The Balaban J connectivity index is 2.23. The molecule has 2 rings (SSSR count). The summed E-state index contributed by atoms with van der Waals surface area (Å²) in [6.45, 7) is 2.31. The number of hydrogen-bond donors (Lipinski definition) is 4. The number of methoxy groups -OCH3 is 1. The molecule has 1 aliphatic rings. The largest absolute Gasteiger partial charge is 0.490 e. The average Bonchev–Trinajstić information content (AvgIpc) is 2.49. The van der Waals surface area contributed by atoms with Crippen molar-refractivity contribution >= 4 is 11.6 Å². The van der Waals surface area contributed by atoms with E-state index in [0.717, 1.165) is 25.7 Å². The van der Waals surface area contributed by atoms with Crippen LogP contribution in [0.3, 0.4) is 0 Å². The summed E-state index contributed by atoms with van der Waals surface area (Å²) in [5.41, 5.74) is 2.14. The monoisotopic (exact) mass is 281 g/mol. The van der Waals surface area contributed by atoms with E-state index in [2.05, 4.69) is 27.6 Å². The van der Waals surface area contributed by atoms with Crippen LogP contribution in [0.2, 0.25) is 0 Å². The molecule has 0 radical (unpaired) electrons. The molecule has 0 atom stereocenters. The van der Waals surface area contributed by atoms with Gasteiger partial charge in [0.25, 0.3) is 0 Å². The van der Waals surface area contributed by atoms with Crippen LogP contribution in [0.4, 0.5) is 11.6 Å². The second-order valence-corrected chi connectivity index (χ2v) is 5.49. The number of hydrogen-bond acceptors (Lipinski definition) is 7. The van der Waals surface area contributed by atoms with Crippen LogP contribution in [0, 0.1) is 5.92 Å². The number of nitrogen functional groups attached to an aromatic ring is 1. The van der Waals surface area contributed by atoms with Crippen LogP contribution in [-0.2, 0) is 0 Å². The molecule has 1 fully saturated rings. The lowest BCUT2D eigenvalue weighted by atomic mass is 9.77. The molecule has 7 nitrogen and oxygen atoms in total. The Morgan fingerprint density at radius 1 is 1.40 bits per heavy atom. The van der Waals surface area contributed by atoms with E-state index < -0.39 is 0 Å². The van der Waals surface area contributed by atoms with E-state index in [1.807, 2.05) is 0 Å². The first-order valence-corrected chi connectivity index (χ1v) is 6.89. The van der Waals surface area contributed by atoms with Crippen LogP contribution in [-0.4, -0.2) is 34.3 Å². The van der Waals surface area contributed by atoms with Crippen LogP contribution in [0.1, 0.15) is 32.6 Å². The minimum absolute atomic E-state index is 0.0677. The number of ether oxygens (including phenoxy) is 1. The van der Waals surface area contributed by atoms with E-state index in [1.165, 1.54) is 6.33 Å². The van der Waals surface area contributed by atoms with E-state index in [9.17, 15) is 5.11 Å². The molecule has 20 heavy (non-hydrogen) atoms. The normalized spacial score (nSPS) is 26.1. The molecule has 1 aliphatic carbocycles. The fraction of sp³-hybridized carbons (Fsp3) is 0.692. The van der Waals surface area contributed by atoms with Gasteiger partial charge < -0.3 is 20.6 Å². The van der Waals surface area contributed by atoms with Gasteiger partial charge in [0.1, 0.15) is 6.33 Å². The molecule has 0 amide bonds. The molecule has 0 aliphatic heterocycles. The number of aromatic nitrogens is 2. The first-order valence-electron chi connectivity index (χ1n) is 6.89. The number of hydrazine groups is 1. The van der Waals surface area contributed by atoms with Crippen molar-refractivity contribution in [2.45, 2.75) is 38.1 Å². The Morgan fingerprint density at radius 2 is 2.05 bits per heavy atom. The Hall–Kier alpha value is -1.60. The van der Waals surface area contributed by atoms with Gasteiger partial charge in [-0.05, 0) is 31.6 Å². The number of aliphatic hydroxyl groups is 1. The Kier molecular flexibility index (Phi) is 4.61. The van der Waals surface area contributed by atoms with Crippen LogP contribution >= 0.6 is 0 Å². The second-order valence-electron chi connectivity index (χ2n) is 5.49. The van der Waals surface area contributed by atoms with Crippen molar-refractivity contribution in [3.63, 3.8) is 0 Å². The molecule has 112 valence electrons. The summed E-state index contributed by atoms with van der Waals surface area (Å²) in [6.07, 6.45) is 5.40. The molecular formula is C13H23N5O2. The van der Waals surface area contributed by atoms with Crippen molar-refractivity contribution in [1.82, 2.24) is 9.97 Å². The molecule has 0 spiro atoms. The maximum absolute atomic E-state index is 9.79. The molecule has 7 heteroatoms. The molecule has 1 aromatic rings. The maximum Gasteiger partial charge on any atom is 0.205 e. The molecule has 0 unspecified atom stereocenters. The highest BCUT2D eigenvalue weighted by Gasteiger charge is 2.34. The highest BCUT2D eigenvalue weighted by molar-refractivity contribution is 5.63. The summed E-state index contributed by atoms with van der Waals surface area (Å²) in [7, 11) is 1.54. The number of aliphatic hydroxyl groups excluding tert-OH is 1. The van der Waals surface area contributed by atoms with Gasteiger partial charge in [-0.1, -0.05) is 6.92 Å². The highest BCUT2D eigenvalue weighted by atomic mass is 16.5. The Morgan fingerprint density at radius 3 is 2.60 bits per heavy atom. The maximum atomic E-state index is 9.79. The van der Waals surface area contributed by atoms with E-state index in [4.69, 9.17) is 10.6 Å². The first-order chi connectivity index (χ1) is 9.64. The third-order valence-electron chi connectivity index (χ3n) is 4.06. The van der Waals surface area contributed by atoms with Crippen LogP contribution in [0.5, 0.6) is 5.75 Å². The van der Waals surface area contributed by atoms with E-state index in [1.54, 1.807) is 7.11 Å². The van der Waals surface area contributed by atoms with Crippen molar-refractivity contribution in [1.29, 1.82) is 0 Å². The zero-order valence-corrected chi connectivity index (χ0v) is 12.0. The van der Waals surface area contributed by atoms with Gasteiger partial charge in [0.05, 0.1) is 19.3 Å². The third kappa shape index (κ3) is 2.94. The van der Waals surface area contributed by atoms with Crippen molar-refractivity contribution in [3.05, 3.63) is 6.33 Å². The number of anilines is 2. The molecule has 1 saturated carbocycles. The Bertz CT molecular complexity index is 446. The van der Waals surface area contributed by atoms with E-state index in [0.29, 0.717) is 23.3 Å². The number of nitrogens with two attached hydrogens (primary N) is 1. The lowest BCUT2D eigenvalue weighted by Crippen LogP contribution is -2.45. The van der Waals surface area contributed by atoms with Gasteiger partial charge in [-0.15, -0.1) is 0 Å². The minimum Gasteiger partial charge on any atom is -0.490 e. The number of nitrogens with one attached hydrogen (secondary N) is 2. The topological polar surface area (TPSA) is 105 Å². The SMILES string of the molecule is COc1c(NN)ncnc1NC1(CO)CCC(C)CC1. The summed E-state index contributed by atoms with van der Waals surface area (Å²) >= 11 is 0. The zero-order chi connectivity index (χ0) is 14.6. The molecule has 0 saturated heterocycles. The molecule has 5 N–H and O–H groups in total. The summed E-state index contributed by atoms with van der Waals surface area (Å²) < 4.78 is 5.31. The van der Waals surface area contributed by atoms with E-state index in [-0.39, 0.29) is 12.1 Å². The lowest BCUT2D eigenvalue weighted by Gasteiger charge is -2.39. The molecule has 0 aromatic carbocycles. The van der Waals surface area contributed by atoms with E-state index >= 15 is 0 Å². The van der Waals surface area contributed by atoms with Crippen molar-refractivity contribution < 1.29 is 9.84 Å². The van der Waals surface area contributed by atoms with Crippen LogP contribution < -0.4 is 21.3 Å². The Labute approximate surface area is 118 Å². The standard InChI is InChI=1S/C13H23N5O2/c1-9-3-5-13(7-19,6-4-9)17-11-10(20-2)12(18-14)16-8-15-11/h8-9,19H,3-7,14H2,1-2H3,(H2,15,16,17,18). The van der Waals surface area contributed by atoms with Gasteiger partial charge in [0.15, 0.2) is 11.6 Å². The average molecular weight is 281 g/mol. The van der Waals surface area contributed by atoms with Gasteiger partial charge in [0, 0.05) is 0 Å². The van der Waals surface area contributed by atoms with Crippen molar-refractivity contribution in [3.8, 4) is 5.75 Å². The van der Waals surface area contributed by atoms with Crippen molar-refractivity contribution in [2.24, 2.45) is 11.8 Å². The fourth-order valence-electron chi connectivity index (χ4n) is 2.65. The summed E-state index contributed by atoms with van der Waals surface area (Å²) in [6, 6.07) is 0. The lowest BCUT2D eigenvalue weighted by molar-refractivity contribution is 0.154. The predicted octanol–water partition coefficient (Wildman–Crippen LogP) is 1.12. The quantitative estimate of drug-likeness (QED) is 0.473. The zero-order valence-electron chi connectivity index (χ0n) is 12.0. The van der Waals surface area contributed by atoms with Gasteiger partial charge in [-0.2, -0.15) is 0 Å². The summed E-state index contributed by atoms with van der Waals surface area (Å²) in [5.74, 6) is 7.55. The summed E-state index contributed by atoms with van der Waals surface area (Å²) in [4.78, 5) is 8.22. The fourth-order valence-corrected chi connectivity index (χ4v) is 2.65. The number of rotatable bonds is 5. The van der Waals surface area contributed by atoms with Crippen molar-refractivity contribution in [2.75, 3.05) is 24.5 Å².